The smallest absolute Gasteiger partial charge is 0.196 e. The number of aryl methyl sites for hydroxylation is 1. The van der Waals surface area contributed by atoms with Crippen molar-refractivity contribution >= 4 is 35.6 Å². The fraction of sp³-hybridized carbons (Fsp3) is 0.438. The fourth-order valence-corrected chi connectivity index (χ4v) is 2.30. The first-order chi connectivity index (χ1) is 11.8. The van der Waals surface area contributed by atoms with E-state index in [1.165, 1.54) is 6.33 Å². The Morgan fingerprint density at radius 2 is 2.08 bits per heavy atom. The minimum Gasteiger partial charge on any atom is -0.490 e. The number of benzene rings is 1. The summed E-state index contributed by atoms with van der Waals surface area (Å²) < 4.78 is 13.1. The number of aromatic nitrogens is 3. The van der Waals surface area contributed by atoms with Crippen LogP contribution in [0.2, 0.25) is 0 Å². The number of nitrogens with zero attached hydrogens (tertiary/aromatic N) is 4. The van der Waals surface area contributed by atoms with Gasteiger partial charge in [-0.05, 0) is 19.1 Å². The number of ether oxygens (including phenoxy) is 2. The molecule has 25 heavy (non-hydrogen) atoms. The molecular formula is C16H23IN6O2. The van der Waals surface area contributed by atoms with Crippen LogP contribution in [-0.2, 0) is 13.6 Å². The van der Waals surface area contributed by atoms with E-state index in [1.54, 1.807) is 4.68 Å². The number of halogens is 1. The first-order valence-corrected chi connectivity index (χ1v) is 8.04. The third-order valence-electron chi connectivity index (χ3n) is 3.54. The van der Waals surface area contributed by atoms with Crippen molar-refractivity contribution in [2.75, 3.05) is 25.1 Å². The van der Waals surface area contributed by atoms with Crippen LogP contribution >= 0.6 is 24.0 Å². The first kappa shape index (κ1) is 19.3. The molecule has 2 aromatic rings. The summed E-state index contributed by atoms with van der Waals surface area (Å²) in [7, 11) is 1.85. The summed E-state index contributed by atoms with van der Waals surface area (Å²) in [5.74, 6) is 3.00. The van der Waals surface area contributed by atoms with Crippen LogP contribution in [0.25, 0.3) is 0 Å². The van der Waals surface area contributed by atoms with Crippen molar-refractivity contribution in [1.29, 1.82) is 0 Å². The molecule has 1 aliphatic heterocycles. The second-order valence-corrected chi connectivity index (χ2v) is 5.33. The molecule has 0 atom stereocenters. The zero-order valence-electron chi connectivity index (χ0n) is 14.4. The normalized spacial score (nSPS) is 13.6. The minimum atomic E-state index is 0. The Balaban J connectivity index is 0.00000225. The van der Waals surface area contributed by atoms with Gasteiger partial charge >= 0.3 is 0 Å². The molecule has 9 heteroatoms. The number of fused-ring (bicyclic) bond motifs is 1. The summed E-state index contributed by atoms with van der Waals surface area (Å²) in [4.78, 5) is 8.72. The van der Waals surface area contributed by atoms with E-state index in [0.29, 0.717) is 25.7 Å². The molecular weight excluding hydrogens is 435 g/mol. The van der Waals surface area contributed by atoms with Gasteiger partial charge in [0.25, 0.3) is 0 Å². The number of guanidine groups is 1. The molecule has 3 rings (SSSR count). The van der Waals surface area contributed by atoms with Gasteiger partial charge in [0, 0.05) is 31.8 Å². The predicted octanol–water partition coefficient (Wildman–Crippen LogP) is 2.17. The summed E-state index contributed by atoms with van der Waals surface area (Å²) in [5, 5.41) is 10.5. The van der Waals surface area contributed by atoms with E-state index < -0.39 is 0 Å². The fourth-order valence-electron chi connectivity index (χ4n) is 2.30. The van der Waals surface area contributed by atoms with Gasteiger partial charge in [-0.3, -0.25) is 4.68 Å². The Morgan fingerprint density at radius 3 is 2.80 bits per heavy atom. The number of rotatable bonds is 4. The topological polar surface area (TPSA) is 85.6 Å². The molecule has 0 bridgehead atoms. The van der Waals surface area contributed by atoms with E-state index in [2.05, 4.69) is 25.7 Å². The molecule has 2 N–H and O–H groups in total. The van der Waals surface area contributed by atoms with Gasteiger partial charge in [-0.1, -0.05) is 0 Å². The third kappa shape index (κ3) is 5.21. The highest BCUT2D eigenvalue weighted by Crippen LogP contribution is 2.32. The Hall–Kier alpha value is -2.04. The molecule has 2 heterocycles. The van der Waals surface area contributed by atoms with Crippen molar-refractivity contribution in [2.24, 2.45) is 12.0 Å². The molecule has 1 aromatic carbocycles. The number of aliphatic imine (C=N–C) groups is 1. The van der Waals surface area contributed by atoms with E-state index in [4.69, 9.17) is 9.47 Å². The molecule has 1 aromatic heterocycles. The second-order valence-electron chi connectivity index (χ2n) is 5.33. The highest BCUT2D eigenvalue weighted by Gasteiger charge is 2.11. The van der Waals surface area contributed by atoms with Gasteiger partial charge in [0.1, 0.15) is 18.7 Å². The maximum atomic E-state index is 5.72. The van der Waals surface area contributed by atoms with Gasteiger partial charge in [-0.25, -0.2) is 9.98 Å². The lowest BCUT2D eigenvalue weighted by Crippen LogP contribution is -2.30. The number of anilines is 1. The van der Waals surface area contributed by atoms with Crippen LogP contribution in [-0.4, -0.2) is 40.5 Å². The van der Waals surface area contributed by atoms with Gasteiger partial charge in [-0.15, -0.1) is 24.0 Å². The largest absolute Gasteiger partial charge is 0.490 e. The Bertz CT molecular complexity index is 718. The molecule has 0 amide bonds. The molecule has 1 aliphatic rings. The summed E-state index contributed by atoms with van der Waals surface area (Å²) in [5.41, 5.74) is 0.886. The van der Waals surface area contributed by atoms with Crippen LogP contribution in [0, 0.1) is 0 Å². The molecule has 0 saturated carbocycles. The van der Waals surface area contributed by atoms with E-state index in [1.807, 2.05) is 32.2 Å². The van der Waals surface area contributed by atoms with E-state index in [0.717, 1.165) is 36.0 Å². The van der Waals surface area contributed by atoms with E-state index >= 15 is 0 Å². The summed E-state index contributed by atoms with van der Waals surface area (Å²) in [6, 6.07) is 5.79. The van der Waals surface area contributed by atoms with Gasteiger partial charge < -0.3 is 20.1 Å². The molecule has 136 valence electrons. The molecule has 0 unspecified atom stereocenters. The zero-order chi connectivity index (χ0) is 16.8. The lowest BCUT2D eigenvalue weighted by molar-refractivity contribution is 0.297. The molecule has 8 nitrogen and oxygen atoms in total. The van der Waals surface area contributed by atoms with Crippen LogP contribution in [0.3, 0.4) is 0 Å². The second kappa shape index (κ2) is 9.44. The maximum Gasteiger partial charge on any atom is 0.196 e. The van der Waals surface area contributed by atoms with Crippen molar-refractivity contribution in [2.45, 2.75) is 19.9 Å². The summed E-state index contributed by atoms with van der Waals surface area (Å²) in [6.45, 7) is 4.57. The lowest BCUT2D eigenvalue weighted by atomic mass is 10.3. The van der Waals surface area contributed by atoms with Crippen molar-refractivity contribution in [3.05, 3.63) is 30.4 Å². The number of hydrogen-bond donors (Lipinski definition) is 2. The molecule has 0 spiro atoms. The SMILES string of the molecule is CCNC(=NCc1ncnn1C)Nc1ccc2c(c1)OCCCO2.I. The average Bonchev–Trinajstić information content (AvgIpc) is 2.85. The number of nitrogens with one attached hydrogen (secondary N) is 2. The van der Waals surface area contributed by atoms with Crippen molar-refractivity contribution in [3.63, 3.8) is 0 Å². The van der Waals surface area contributed by atoms with E-state index in [9.17, 15) is 0 Å². The van der Waals surface area contributed by atoms with Crippen LogP contribution in [0.1, 0.15) is 19.2 Å². The highest BCUT2D eigenvalue weighted by molar-refractivity contribution is 14.0. The molecule has 0 radical (unpaired) electrons. The quantitative estimate of drug-likeness (QED) is 0.415. The zero-order valence-corrected chi connectivity index (χ0v) is 16.7. The molecule has 0 saturated heterocycles. The van der Waals surface area contributed by atoms with E-state index in [-0.39, 0.29) is 24.0 Å². The van der Waals surface area contributed by atoms with Gasteiger partial charge in [0.05, 0.1) is 13.2 Å². The van der Waals surface area contributed by atoms with Crippen LogP contribution in [0.4, 0.5) is 5.69 Å². The van der Waals surface area contributed by atoms with Crippen molar-refractivity contribution in [3.8, 4) is 11.5 Å². The summed E-state index contributed by atoms with van der Waals surface area (Å²) in [6.07, 6.45) is 2.41. The standard InChI is InChI=1S/C16H22N6O2.HI/c1-3-17-16(18-10-15-19-11-20-22(15)2)21-12-5-6-13-14(9-12)24-8-4-7-23-13;/h5-6,9,11H,3-4,7-8,10H2,1-2H3,(H2,17,18,21);1H. The monoisotopic (exact) mass is 458 g/mol. The van der Waals surface area contributed by atoms with Gasteiger partial charge in [-0.2, -0.15) is 5.10 Å². The van der Waals surface area contributed by atoms with Gasteiger partial charge in [0.2, 0.25) is 0 Å². The number of hydrogen-bond acceptors (Lipinski definition) is 5. The Morgan fingerprint density at radius 1 is 1.28 bits per heavy atom. The van der Waals surface area contributed by atoms with Crippen LogP contribution in [0.5, 0.6) is 11.5 Å². The third-order valence-corrected chi connectivity index (χ3v) is 3.54. The lowest BCUT2D eigenvalue weighted by Gasteiger charge is -2.13. The Labute approximate surface area is 164 Å². The average molecular weight is 458 g/mol. The van der Waals surface area contributed by atoms with Crippen molar-refractivity contribution < 1.29 is 9.47 Å². The Kier molecular flexibility index (Phi) is 7.29. The van der Waals surface area contributed by atoms with Crippen LogP contribution in [0.15, 0.2) is 29.5 Å². The highest BCUT2D eigenvalue weighted by atomic mass is 127. The molecule has 0 aliphatic carbocycles. The van der Waals surface area contributed by atoms with Crippen LogP contribution < -0.4 is 20.1 Å². The minimum absolute atomic E-state index is 0. The van der Waals surface area contributed by atoms with Gasteiger partial charge in [0.15, 0.2) is 17.5 Å². The van der Waals surface area contributed by atoms with Crippen molar-refractivity contribution in [1.82, 2.24) is 20.1 Å². The maximum absolute atomic E-state index is 5.72. The first-order valence-electron chi connectivity index (χ1n) is 8.04. The summed E-state index contributed by atoms with van der Waals surface area (Å²) >= 11 is 0. The molecule has 0 fully saturated rings. The predicted molar refractivity (Wildman–Crippen MR) is 107 cm³/mol.